The molecule has 0 heterocycles. The Morgan fingerprint density at radius 1 is 0.611 bits per heavy atom. The molecule has 9 atom stereocenters. The van der Waals surface area contributed by atoms with Crippen LogP contribution in [0.1, 0.15) is 135 Å². The van der Waals surface area contributed by atoms with Crippen molar-refractivity contribution in [2.45, 2.75) is 141 Å². The van der Waals surface area contributed by atoms with E-state index in [1.54, 1.807) is 12.8 Å². The van der Waals surface area contributed by atoms with Crippen LogP contribution < -0.4 is 0 Å². The molecule has 36 heavy (non-hydrogen) atoms. The SMILES string of the molecule is C[C@@]1(OCC(=O)C23CCC4CC(CC(C4)C2)C3)CCC[C@@H]2C[C@H](C[C@@H]3C[C@H]4CCC[C@H](C4)C[C@@H]3C2)C1. The van der Waals surface area contributed by atoms with Crippen LogP contribution in [0, 0.1) is 58.7 Å². The molecule has 8 fully saturated rings. The van der Waals surface area contributed by atoms with Crippen LogP contribution in [0.4, 0.5) is 0 Å². The predicted octanol–water partition coefficient (Wildman–Crippen LogP) is 8.76. The smallest absolute Gasteiger partial charge is 0.164 e. The molecule has 0 amide bonds. The van der Waals surface area contributed by atoms with Gasteiger partial charge >= 0.3 is 0 Å². The van der Waals surface area contributed by atoms with Gasteiger partial charge in [0.05, 0.1) is 5.60 Å². The van der Waals surface area contributed by atoms with E-state index in [1.165, 1.54) is 116 Å². The van der Waals surface area contributed by atoms with Crippen LogP contribution in [0.3, 0.4) is 0 Å². The lowest BCUT2D eigenvalue weighted by Crippen LogP contribution is -2.43. The van der Waals surface area contributed by atoms with Crippen molar-refractivity contribution in [3.05, 3.63) is 0 Å². The number of hydrogen-bond donors (Lipinski definition) is 0. The zero-order valence-electron chi connectivity index (χ0n) is 23.4. The topological polar surface area (TPSA) is 26.3 Å². The second kappa shape index (κ2) is 9.67. The quantitative estimate of drug-likeness (QED) is 0.390. The molecule has 0 aromatic rings. The number of carbonyl (C=O) groups excluding carboxylic acids is 1. The molecule has 0 radical (unpaired) electrons. The third-order valence-corrected chi connectivity index (χ3v) is 13.3. The summed E-state index contributed by atoms with van der Waals surface area (Å²) < 4.78 is 6.81. The van der Waals surface area contributed by atoms with Gasteiger partial charge in [-0.1, -0.05) is 32.1 Å². The second-order valence-electron chi connectivity index (χ2n) is 16.1. The van der Waals surface area contributed by atoms with Crippen molar-refractivity contribution >= 4 is 5.78 Å². The fourth-order valence-corrected chi connectivity index (χ4v) is 12.1. The van der Waals surface area contributed by atoms with Crippen molar-refractivity contribution in [3.8, 4) is 0 Å². The van der Waals surface area contributed by atoms with Gasteiger partial charge in [-0.15, -0.1) is 0 Å². The average molecular weight is 495 g/mol. The highest BCUT2D eigenvalue weighted by molar-refractivity contribution is 5.86. The fourth-order valence-electron chi connectivity index (χ4n) is 12.1. The third-order valence-electron chi connectivity index (χ3n) is 13.3. The highest BCUT2D eigenvalue weighted by Gasteiger charge is 2.51. The minimum Gasteiger partial charge on any atom is -0.367 e. The maximum atomic E-state index is 13.9. The Labute approximate surface area is 221 Å². The molecule has 0 aromatic carbocycles. The minimum absolute atomic E-state index is 0.0182. The molecule has 2 heteroatoms. The third kappa shape index (κ3) is 4.88. The molecule has 2 unspecified atom stereocenters. The van der Waals surface area contributed by atoms with Crippen molar-refractivity contribution in [1.82, 2.24) is 0 Å². The summed E-state index contributed by atoms with van der Waals surface area (Å²) in [7, 11) is 0. The summed E-state index contributed by atoms with van der Waals surface area (Å²) in [6.07, 6.45) is 27.8. The minimum atomic E-state index is -0.0800. The van der Waals surface area contributed by atoms with Gasteiger partial charge in [-0.05, 0) is 156 Å². The highest BCUT2D eigenvalue weighted by atomic mass is 16.5. The number of ketones is 1. The van der Waals surface area contributed by atoms with Gasteiger partial charge < -0.3 is 4.74 Å². The Morgan fingerprint density at radius 3 is 1.78 bits per heavy atom. The molecule has 0 aromatic heterocycles. The first-order chi connectivity index (χ1) is 17.4. The number of carbonyl (C=O) groups is 1. The molecule has 0 aliphatic heterocycles. The fraction of sp³-hybridized carbons (Fsp3) is 0.971. The molecule has 8 saturated carbocycles. The summed E-state index contributed by atoms with van der Waals surface area (Å²) in [4.78, 5) is 13.9. The zero-order chi connectivity index (χ0) is 24.3. The number of rotatable bonds is 4. The highest BCUT2D eigenvalue weighted by Crippen LogP contribution is 2.58. The first-order valence-corrected chi connectivity index (χ1v) is 16.6. The van der Waals surface area contributed by atoms with Gasteiger partial charge in [0.15, 0.2) is 5.78 Å². The molecule has 8 aliphatic carbocycles. The van der Waals surface area contributed by atoms with Gasteiger partial charge in [0.1, 0.15) is 6.61 Å². The largest absolute Gasteiger partial charge is 0.367 e. The predicted molar refractivity (Wildman–Crippen MR) is 146 cm³/mol. The van der Waals surface area contributed by atoms with Crippen LogP contribution >= 0.6 is 0 Å². The Kier molecular flexibility index (Phi) is 6.63. The number of hydrogen-bond acceptors (Lipinski definition) is 2. The summed E-state index contributed by atoms with van der Waals surface area (Å²) in [5, 5.41) is 0. The maximum Gasteiger partial charge on any atom is 0.164 e. The Balaban J connectivity index is 1.02. The molecular formula is C34H54O2. The van der Waals surface area contributed by atoms with Crippen molar-refractivity contribution in [3.63, 3.8) is 0 Å². The standard InChI is InChI=1S/C34H54O2/c1-33(36-22-32(35)34-9-7-26-12-27(20-34)14-28(13-26)21-34)8-3-6-25-11-29(19-33)18-31-16-24-5-2-4-23(10-24)15-30(31)17-25/h23-31H,2-22H2,1H3/t23-,24+,25-,26?,27?,28?,29-,30-,31+,33-,34?/m1/s1. The first-order valence-electron chi connectivity index (χ1n) is 16.6. The lowest BCUT2D eigenvalue weighted by Gasteiger charge is -2.45. The lowest BCUT2D eigenvalue weighted by atomic mass is 9.60. The van der Waals surface area contributed by atoms with Gasteiger partial charge in [-0.25, -0.2) is 0 Å². The van der Waals surface area contributed by atoms with E-state index >= 15 is 0 Å². The van der Waals surface area contributed by atoms with Crippen molar-refractivity contribution < 1.29 is 9.53 Å². The van der Waals surface area contributed by atoms with Crippen LogP contribution in [0.25, 0.3) is 0 Å². The Morgan fingerprint density at radius 2 is 1.11 bits per heavy atom. The van der Waals surface area contributed by atoms with Crippen LogP contribution in [0.2, 0.25) is 0 Å². The van der Waals surface area contributed by atoms with Crippen LogP contribution in [-0.2, 0) is 9.53 Å². The van der Waals surface area contributed by atoms with Gasteiger partial charge in [0.25, 0.3) is 0 Å². The van der Waals surface area contributed by atoms with E-state index < -0.39 is 0 Å². The molecule has 2 nitrogen and oxygen atoms in total. The molecule has 0 N–H and O–H groups in total. The molecule has 0 spiro atoms. The summed E-state index contributed by atoms with van der Waals surface area (Å²) in [5.74, 6) is 8.95. The van der Waals surface area contributed by atoms with Gasteiger partial charge in [-0.3, -0.25) is 4.79 Å². The van der Waals surface area contributed by atoms with Crippen LogP contribution in [0.15, 0.2) is 0 Å². The molecule has 8 rings (SSSR count). The van der Waals surface area contributed by atoms with Gasteiger partial charge in [0.2, 0.25) is 0 Å². The Bertz CT molecular complexity index is 804. The van der Waals surface area contributed by atoms with E-state index in [0.29, 0.717) is 12.4 Å². The van der Waals surface area contributed by atoms with E-state index in [1.807, 2.05) is 0 Å². The number of fused-ring (bicyclic) bond motifs is 6. The molecule has 202 valence electrons. The van der Waals surface area contributed by atoms with Crippen molar-refractivity contribution in [2.24, 2.45) is 58.7 Å². The monoisotopic (exact) mass is 494 g/mol. The summed E-state index contributed by atoms with van der Waals surface area (Å²) in [6, 6.07) is 0. The van der Waals surface area contributed by atoms with Crippen LogP contribution in [0.5, 0.6) is 0 Å². The summed E-state index contributed by atoms with van der Waals surface area (Å²) in [5.41, 5.74) is -0.0983. The van der Waals surface area contributed by atoms with E-state index in [9.17, 15) is 4.79 Å². The van der Waals surface area contributed by atoms with E-state index in [2.05, 4.69) is 6.92 Å². The van der Waals surface area contributed by atoms with Crippen molar-refractivity contribution in [1.29, 1.82) is 0 Å². The number of ether oxygens (including phenoxy) is 1. The second-order valence-corrected chi connectivity index (χ2v) is 16.1. The van der Waals surface area contributed by atoms with E-state index in [0.717, 1.165) is 53.3 Å². The summed E-state index contributed by atoms with van der Waals surface area (Å²) >= 11 is 0. The van der Waals surface area contributed by atoms with Gasteiger partial charge in [0, 0.05) is 5.41 Å². The van der Waals surface area contributed by atoms with Gasteiger partial charge in [-0.2, -0.15) is 0 Å². The van der Waals surface area contributed by atoms with E-state index in [4.69, 9.17) is 4.74 Å². The molecule has 0 saturated heterocycles. The zero-order valence-corrected chi connectivity index (χ0v) is 23.4. The maximum absolute atomic E-state index is 13.9. The number of Topliss-reactive ketones (excluding diaryl/α,β-unsaturated/α-hetero) is 1. The van der Waals surface area contributed by atoms with E-state index in [-0.39, 0.29) is 11.0 Å². The molecule has 8 aliphatic rings. The van der Waals surface area contributed by atoms with Crippen LogP contribution in [-0.4, -0.2) is 18.0 Å². The summed E-state index contributed by atoms with van der Waals surface area (Å²) in [6.45, 7) is 2.81. The lowest BCUT2D eigenvalue weighted by molar-refractivity contribution is -0.147. The molecular weight excluding hydrogens is 440 g/mol. The normalized spacial score (nSPS) is 52.3. The van der Waals surface area contributed by atoms with Crippen molar-refractivity contribution in [2.75, 3.05) is 6.61 Å². The Hall–Kier alpha value is -0.370. The average Bonchev–Trinajstić information content (AvgIpc) is 3.18. The molecule has 8 bridgehead atoms. The first kappa shape index (κ1) is 24.7.